The van der Waals surface area contributed by atoms with Crippen LogP contribution in [-0.4, -0.2) is 0 Å². The summed E-state index contributed by atoms with van der Waals surface area (Å²) >= 11 is 0. The molecule has 20 heavy (non-hydrogen) atoms. The van der Waals surface area contributed by atoms with Gasteiger partial charge in [-0.3, -0.25) is 0 Å². The Labute approximate surface area is 124 Å². The molecule has 1 saturated carbocycles. The maximum absolute atomic E-state index is 4.13. The fourth-order valence-electron chi connectivity index (χ4n) is 4.98. The highest BCUT2D eigenvalue weighted by Crippen LogP contribution is 2.53. The van der Waals surface area contributed by atoms with Crippen LogP contribution in [0.1, 0.15) is 59.3 Å². The lowest BCUT2D eigenvalue weighted by molar-refractivity contribution is 0.209. The number of hydrogen-bond donors (Lipinski definition) is 0. The highest BCUT2D eigenvalue weighted by molar-refractivity contribution is 5.40. The van der Waals surface area contributed by atoms with Gasteiger partial charge in [0.2, 0.25) is 0 Å². The van der Waals surface area contributed by atoms with Crippen LogP contribution in [0, 0.1) is 17.8 Å². The van der Waals surface area contributed by atoms with Crippen LogP contribution in [0.25, 0.3) is 0 Å². The van der Waals surface area contributed by atoms with Crippen molar-refractivity contribution < 1.29 is 0 Å². The van der Waals surface area contributed by atoms with Crippen LogP contribution in [0.15, 0.2) is 46.6 Å². The third-order valence-corrected chi connectivity index (χ3v) is 5.78. The number of allylic oxidation sites excluding steroid dienone is 7. The fourth-order valence-corrected chi connectivity index (χ4v) is 4.98. The Balaban J connectivity index is 1.94. The summed E-state index contributed by atoms with van der Waals surface area (Å²) in [6.45, 7) is 10.9. The van der Waals surface area contributed by atoms with Gasteiger partial charge < -0.3 is 0 Å². The van der Waals surface area contributed by atoms with E-state index in [1.54, 1.807) is 16.7 Å². The first-order valence-corrected chi connectivity index (χ1v) is 8.30. The molecule has 3 rings (SSSR count). The second kappa shape index (κ2) is 5.39. The minimum absolute atomic E-state index is 0.784. The van der Waals surface area contributed by atoms with Crippen LogP contribution in [0.3, 0.4) is 0 Å². The lowest BCUT2D eigenvalue weighted by atomic mass is 9.62. The molecule has 0 aliphatic heterocycles. The maximum atomic E-state index is 4.13. The van der Waals surface area contributed by atoms with Crippen LogP contribution < -0.4 is 0 Å². The second-order valence-electron chi connectivity index (χ2n) is 7.20. The highest BCUT2D eigenvalue weighted by atomic mass is 14.5. The molecule has 0 aromatic carbocycles. The molecule has 0 saturated heterocycles. The molecular formula is C20H28. The maximum Gasteiger partial charge on any atom is -0.0122 e. The van der Waals surface area contributed by atoms with Gasteiger partial charge in [-0.1, -0.05) is 35.5 Å². The van der Waals surface area contributed by atoms with Crippen molar-refractivity contribution in [2.45, 2.75) is 59.3 Å². The van der Waals surface area contributed by atoms with Crippen molar-refractivity contribution in [2.24, 2.45) is 17.8 Å². The topological polar surface area (TPSA) is 0 Å². The van der Waals surface area contributed by atoms with Gasteiger partial charge in [0.1, 0.15) is 0 Å². The van der Waals surface area contributed by atoms with Crippen molar-refractivity contribution in [3.8, 4) is 0 Å². The van der Waals surface area contributed by atoms with E-state index in [0.29, 0.717) is 0 Å². The van der Waals surface area contributed by atoms with Crippen molar-refractivity contribution >= 4 is 0 Å². The first-order chi connectivity index (χ1) is 9.61. The molecule has 0 amide bonds. The Kier molecular flexibility index (Phi) is 3.75. The van der Waals surface area contributed by atoms with E-state index in [-0.39, 0.29) is 0 Å². The van der Waals surface area contributed by atoms with Crippen LogP contribution in [0.2, 0.25) is 0 Å². The summed E-state index contributed by atoms with van der Waals surface area (Å²) in [5.74, 6) is 2.59. The smallest absolute Gasteiger partial charge is 0.0122 e. The third kappa shape index (κ3) is 2.24. The molecule has 3 atom stereocenters. The van der Waals surface area contributed by atoms with Gasteiger partial charge in [-0.25, -0.2) is 0 Å². The van der Waals surface area contributed by atoms with Crippen molar-refractivity contribution in [1.29, 1.82) is 0 Å². The molecule has 108 valence electrons. The molecule has 0 bridgehead atoms. The number of hydrogen-bond acceptors (Lipinski definition) is 0. The van der Waals surface area contributed by atoms with Crippen LogP contribution in [0.4, 0.5) is 0 Å². The summed E-state index contributed by atoms with van der Waals surface area (Å²) in [4.78, 5) is 0. The second-order valence-corrected chi connectivity index (χ2v) is 7.20. The Hall–Kier alpha value is -1.04. The van der Waals surface area contributed by atoms with Crippen LogP contribution in [-0.2, 0) is 0 Å². The van der Waals surface area contributed by atoms with Crippen molar-refractivity contribution in [1.82, 2.24) is 0 Å². The first-order valence-electron chi connectivity index (χ1n) is 8.30. The van der Waals surface area contributed by atoms with Gasteiger partial charge in [0.15, 0.2) is 0 Å². The lowest BCUT2D eigenvalue weighted by Crippen LogP contribution is -2.32. The molecule has 3 aliphatic carbocycles. The zero-order chi connectivity index (χ0) is 14.3. The fraction of sp³-hybridized carbons (Fsp3) is 0.600. The monoisotopic (exact) mass is 268 g/mol. The van der Waals surface area contributed by atoms with Crippen LogP contribution >= 0.6 is 0 Å². The summed E-state index contributed by atoms with van der Waals surface area (Å²) in [5, 5.41) is 0. The average molecular weight is 268 g/mol. The summed E-state index contributed by atoms with van der Waals surface area (Å²) in [5.41, 5.74) is 8.12. The standard InChI is InChI=1S/C20H28/c1-5-16-15(12-13(2)3)7-9-20-18(16)11-10-17-14(4)6-8-19(17)20/h5,12,18-20H,1,6-11H2,2-4H3. The molecule has 0 heterocycles. The average Bonchev–Trinajstić information content (AvgIpc) is 2.79. The summed E-state index contributed by atoms with van der Waals surface area (Å²) in [6.07, 6.45) is 12.7. The van der Waals surface area contributed by atoms with Crippen molar-refractivity contribution in [3.63, 3.8) is 0 Å². The van der Waals surface area contributed by atoms with E-state index >= 15 is 0 Å². The minimum atomic E-state index is 0.784. The largest absolute Gasteiger partial charge is 0.0988 e. The Bertz CT molecular complexity index is 508. The highest BCUT2D eigenvalue weighted by Gasteiger charge is 2.41. The molecule has 0 heteroatoms. The van der Waals surface area contributed by atoms with E-state index in [0.717, 1.165) is 17.8 Å². The molecular weight excluding hydrogens is 240 g/mol. The molecule has 0 N–H and O–H groups in total. The van der Waals surface area contributed by atoms with Crippen LogP contribution in [0.5, 0.6) is 0 Å². The Morgan fingerprint density at radius 1 is 1.05 bits per heavy atom. The molecule has 0 aromatic heterocycles. The van der Waals surface area contributed by atoms with Gasteiger partial charge in [-0.05, 0) is 88.2 Å². The molecule has 0 nitrogen and oxygen atoms in total. The van der Waals surface area contributed by atoms with E-state index in [1.165, 1.54) is 44.1 Å². The quantitative estimate of drug-likeness (QED) is 0.540. The third-order valence-electron chi connectivity index (χ3n) is 5.78. The van der Waals surface area contributed by atoms with Gasteiger partial charge in [-0.2, -0.15) is 0 Å². The molecule has 0 spiro atoms. The first kappa shape index (κ1) is 13.9. The van der Waals surface area contributed by atoms with Gasteiger partial charge in [0, 0.05) is 0 Å². The SMILES string of the molecule is C=CC1=C(C=C(C)C)CCC2C1CCC1=C(C)CCC12. The Morgan fingerprint density at radius 3 is 2.50 bits per heavy atom. The molecule has 3 aliphatic rings. The molecule has 1 fully saturated rings. The van der Waals surface area contributed by atoms with Gasteiger partial charge in [0.05, 0.1) is 0 Å². The van der Waals surface area contributed by atoms with Crippen molar-refractivity contribution in [2.75, 3.05) is 0 Å². The summed E-state index contributed by atoms with van der Waals surface area (Å²) in [6, 6.07) is 0. The van der Waals surface area contributed by atoms with E-state index < -0.39 is 0 Å². The lowest BCUT2D eigenvalue weighted by Gasteiger charge is -2.43. The molecule has 0 radical (unpaired) electrons. The number of fused-ring (bicyclic) bond motifs is 3. The van der Waals surface area contributed by atoms with E-state index in [2.05, 4.69) is 39.5 Å². The zero-order valence-electron chi connectivity index (χ0n) is 13.3. The molecule has 0 aromatic rings. The van der Waals surface area contributed by atoms with Gasteiger partial charge in [-0.15, -0.1) is 0 Å². The van der Waals surface area contributed by atoms with E-state index in [1.807, 2.05) is 5.57 Å². The minimum Gasteiger partial charge on any atom is -0.0988 e. The number of rotatable bonds is 2. The van der Waals surface area contributed by atoms with Crippen molar-refractivity contribution in [3.05, 3.63) is 46.6 Å². The van der Waals surface area contributed by atoms with Gasteiger partial charge >= 0.3 is 0 Å². The predicted molar refractivity (Wildman–Crippen MR) is 87.5 cm³/mol. The van der Waals surface area contributed by atoms with E-state index in [9.17, 15) is 0 Å². The Morgan fingerprint density at radius 2 is 1.80 bits per heavy atom. The normalized spacial score (nSPS) is 32.9. The summed E-state index contributed by atoms with van der Waals surface area (Å²) < 4.78 is 0. The predicted octanol–water partition coefficient (Wildman–Crippen LogP) is 5.98. The van der Waals surface area contributed by atoms with E-state index in [4.69, 9.17) is 0 Å². The van der Waals surface area contributed by atoms with Gasteiger partial charge in [0.25, 0.3) is 0 Å². The zero-order valence-corrected chi connectivity index (χ0v) is 13.3. The summed E-state index contributed by atoms with van der Waals surface area (Å²) in [7, 11) is 0. The molecule has 3 unspecified atom stereocenters.